The van der Waals surface area contributed by atoms with Crippen molar-refractivity contribution in [2.24, 2.45) is 0 Å². The maximum absolute atomic E-state index is 11.0. The molecule has 0 radical (unpaired) electrons. The lowest BCUT2D eigenvalue weighted by atomic mass is 9.96. The average molecular weight is 230 g/mol. The maximum atomic E-state index is 11.0. The Hall–Kier alpha value is 0.170. The highest BCUT2D eigenvalue weighted by Gasteiger charge is 2.52. The van der Waals surface area contributed by atoms with Crippen LogP contribution in [0.2, 0.25) is 0 Å². The Morgan fingerprint density at radius 1 is 1.14 bits per heavy atom. The molecule has 3 saturated heterocycles. The number of hydrogen-bond acceptors (Lipinski definition) is 4. The van der Waals surface area contributed by atoms with E-state index in [2.05, 4.69) is 23.5 Å². The van der Waals surface area contributed by atoms with Gasteiger partial charge in [-0.3, -0.25) is 4.79 Å². The van der Waals surface area contributed by atoms with Crippen molar-refractivity contribution >= 4 is 29.5 Å². The molecule has 78 valence electrons. The lowest BCUT2D eigenvalue weighted by molar-refractivity contribution is -0.146. The van der Waals surface area contributed by atoms with Gasteiger partial charge >= 0.3 is 5.97 Å². The second-order valence-corrected chi connectivity index (χ2v) is 7.28. The molecular weight excluding hydrogens is 216 g/mol. The topological polar surface area (TPSA) is 26.3 Å². The number of esters is 1. The van der Waals surface area contributed by atoms with Crippen LogP contribution in [0.1, 0.15) is 26.2 Å². The molecule has 2 nitrogen and oxygen atoms in total. The van der Waals surface area contributed by atoms with Crippen LogP contribution in [0.5, 0.6) is 0 Å². The highest BCUT2D eigenvalue weighted by atomic mass is 32.2. The number of ether oxygens (including phenoxy) is 1. The fourth-order valence-electron chi connectivity index (χ4n) is 2.80. The molecule has 3 aliphatic rings. The Kier molecular flexibility index (Phi) is 2.24. The van der Waals surface area contributed by atoms with E-state index in [1.165, 1.54) is 26.2 Å². The molecule has 0 saturated carbocycles. The summed E-state index contributed by atoms with van der Waals surface area (Å²) >= 11 is 4.15. The number of thioether (sulfide) groups is 2. The van der Waals surface area contributed by atoms with Gasteiger partial charge in [0, 0.05) is 27.9 Å². The van der Waals surface area contributed by atoms with E-state index < -0.39 is 0 Å². The quantitative estimate of drug-likeness (QED) is 0.644. The van der Waals surface area contributed by atoms with Crippen LogP contribution in [0, 0.1) is 0 Å². The third kappa shape index (κ3) is 1.38. The fraction of sp³-hybridized carbons (Fsp3) is 0.900. The second kappa shape index (κ2) is 3.34. The van der Waals surface area contributed by atoms with Crippen LogP contribution >= 0.6 is 23.5 Å². The van der Waals surface area contributed by atoms with Crippen molar-refractivity contribution in [2.45, 2.75) is 53.3 Å². The molecule has 0 aliphatic carbocycles. The molecule has 3 bridgehead atoms. The molecule has 5 atom stereocenters. The minimum atomic E-state index is -0.106. The van der Waals surface area contributed by atoms with Crippen molar-refractivity contribution in [3.8, 4) is 0 Å². The van der Waals surface area contributed by atoms with Crippen molar-refractivity contribution in [1.82, 2.24) is 0 Å². The summed E-state index contributed by atoms with van der Waals surface area (Å²) in [5.41, 5.74) is 0. The predicted octanol–water partition coefficient (Wildman–Crippen LogP) is 2.07. The lowest BCUT2D eigenvalue weighted by Gasteiger charge is -2.37. The van der Waals surface area contributed by atoms with Gasteiger partial charge in [-0.05, 0) is 19.3 Å². The summed E-state index contributed by atoms with van der Waals surface area (Å²) in [6, 6.07) is 0. The van der Waals surface area contributed by atoms with Gasteiger partial charge in [0.25, 0.3) is 0 Å². The first-order valence-corrected chi connectivity index (χ1v) is 7.11. The Bertz CT molecular complexity index is 261. The Balaban J connectivity index is 1.81. The first-order chi connectivity index (χ1) is 6.74. The highest BCUT2D eigenvalue weighted by Crippen LogP contribution is 2.56. The van der Waals surface area contributed by atoms with E-state index in [0.29, 0.717) is 10.5 Å². The summed E-state index contributed by atoms with van der Waals surface area (Å²) in [5, 5.41) is 2.90. The second-order valence-electron chi connectivity index (χ2n) is 4.31. The molecule has 0 amide bonds. The summed E-state index contributed by atoms with van der Waals surface area (Å²) in [6.45, 7) is 1.53. The number of carbonyl (C=O) groups excluding carboxylic acids is 1. The minimum Gasteiger partial charge on any atom is -0.460 e. The van der Waals surface area contributed by atoms with E-state index in [4.69, 9.17) is 4.74 Å². The summed E-state index contributed by atoms with van der Waals surface area (Å²) < 4.78 is 5.47. The standard InChI is InChI=1S/C10H14O2S2/c1-5(11)12-10-7-3-2-6-8(14-7)4-9(10)13-6/h6-10H,2-4H2,1H3. The number of carbonyl (C=O) groups is 1. The third-order valence-electron chi connectivity index (χ3n) is 3.35. The zero-order valence-electron chi connectivity index (χ0n) is 8.14. The highest BCUT2D eigenvalue weighted by molar-refractivity contribution is 8.06. The van der Waals surface area contributed by atoms with Crippen LogP contribution < -0.4 is 0 Å². The molecule has 3 heterocycles. The fourth-order valence-corrected chi connectivity index (χ4v) is 6.89. The first kappa shape index (κ1) is 9.40. The van der Waals surface area contributed by atoms with E-state index in [9.17, 15) is 4.79 Å². The lowest BCUT2D eigenvalue weighted by Crippen LogP contribution is -2.42. The molecule has 3 aliphatic heterocycles. The van der Waals surface area contributed by atoms with E-state index in [1.54, 1.807) is 0 Å². The van der Waals surface area contributed by atoms with Gasteiger partial charge in [0.2, 0.25) is 0 Å². The maximum Gasteiger partial charge on any atom is 0.302 e. The van der Waals surface area contributed by atoms with E-state index in [-0.39, 0.29) is 12.1 Å². The van der Waals surface area contributed by atoms with Crippen LogP contribution in [0.25, 0.3) is 0 Å². The molecule has 0 N–H and O–H groups in total. The molecule has 0 aromatic heterocycles. The van der Waals surface area contributed by atoms with Crippen LogP contribution in [-0.2, 0) is 9.53 Å². The van der Waals surface area contributed by atoms with Gasteiger partial charge in [0.15, 0.2) is 0 Å². The van der Waals surface area contributed by atoms with Crippen molar-refractivity contribution in [2.75, 3.05) is 0 Å². The van der Waals surface area contributed by atoms with Gasteiger partial charge in [-0.1, -0.05) is 0 Å². The van der Waals surface area contributed by atoms with Crippen molar-refractivity contribution in [1.29, 1.82) is 0 Å². The van der Waals surface area contributed by atoms with E-state index in [0.717, 1.165) is 10.5 Å². The number of hydrogen-bond donors (Lipinski definition) is 0. The molecule has 0 aromatic carbocycles. The van der Waals surface area contributed by atoms with Gasteiger partial charge in [-0.25, -0.2) is 0 Å². The SMILES string of the molecule is CC(=O)OC1C2CCC3SC1CC3S2. The summed E-state index contributed by atoms with van der Waals surface area (Å²) in [6.07, 6.45) is 4.04. The van der Waals surface area contributed by atoms with Crippen molar-refractivity contribution < 1.29 is 9.53 Å². The minimum absolute atomic E-state index is 0.106. The molecule has 3 fully saturated rings. The summed E-state index contributed by atoms with van der Waals surface area (Å²) in [5.74, 6) is -0.106. The zero-order valence-corrected chi connectivity index (χ0v) is 9.77. The monoisotopic (exact) mass is 230 g/mol. The molecular formula is C10H14O2S2. The molecule has 4 heteroatoms. The van der Waals surface area contributed by atoms with Crippen LogP contribution in [0.15, 0.2) is 0 Å². The molecule has 0 aromatic rings. The van der Waals surface area contributed by atoms with Gasteiger partial charge in [0.1, 0.15) is 6.10 Å². The largest absolute Gasteiger partial charge is 0.460 e. The average Bonchev–Trinajstić information content (AvgIpc) is 2.43. The smallest absolute Gasteiger partial charge is 0.302 e. The summed E-state index contributed by atoms with van der Waals surface area (Å²) in [4.78, 5) is 11.0. The van der Waals surface area contributed by atoms with Gasteiger partial charge in [-0.15, -0.1) is 0 Å². The van der Waals surface area contributed by atoms with Crippen LogP contribution in [-0.4, -0.2) is 33.1 Å². The van der Waals surface area contributed by atoms with E-state index in [1.807, 2.05) is 0 Å². The Morgan fingerprint density at radius 2 is 1.86 bits per heavy atom. The normalized spacial score (nSPS) is 49.4. The predicted molar refractivity (Wildman–Crippen MR) is 59.7 cm³/mol. The number of rotatable bonds is 1. The van der Waals surface area contributed by atoms with Gasteiger partial charge in [0.05, 0.1) is 0 Å². The van der Waals surface area contributed by atoms with Crippen LogP contribution in [0.4, 0.5) is 0 Å². The van der Waals surface area contributed by atoms with Gasteiger partial charge < -0.3 is 4.74 Å². The van der Waals surface area contributed by atoms with Crippen molar-refractivity contribution in [3.63, 3.8) is 0 Å². The first-order valence-electron chi connectivity index (χ1n) is 5.22. The van der Waals surface area contributed by atoms with E-state index >= 15 is 0 Å². The van der Waals surface area contributed by atoms with Crippen LogP contribution in [0.3, 0.4) is 0 Å². The Labute approximate surface area is 92.5 Å². The third-order valence-corrected chi connectivity index (χ3v) is 6.97. The Morgan fingerprint density at radius 3 is 2.64 bits per heavy atom. The molecule has 5 unspecified atom stereocenters. The summed E-state index contributed by atoms with van der Waals surface area (Å²) in [7, 11) is 0. The zero-order chi connectivity index (χ0) is 9.71. The number of fused-ring (bicyclic) bond motifs is 2. The van der Waals surface area contributed by atoms with Crippen molar-refractivity contribution in [3.05, 3.63) is 0 Å². The molecule has 0 spiro atoms. The van der Waals surface area contributed by atoms with Gasteiger partial charge in [-0.2, -0.15) is 23.5 Å². The molecule has 3 rings (SSSR count). The molecule has 14 heavy (non-hydrogen) atoms.